The maximum Gasteiger partial charge on any atom is 0.265 e. The predicted octanol–water partition coefficient (Wildman–Crippen LogP) is 5.02. The largest absolute Gasteiger partial charge is 0.278 e. The molecule has 0 aliphatic rings. The minimum atomic E-state index is -3.88. The molecule has 4 nitrogen and oxygen atoms in total. The number of nitrogens with one attached hydrogen (secondary N) is 1. The van der Waals surface area contributed by atoms with Crippen LogP contribution in [0, 0.1) is 6.92 Å². The van der Waals surface area contributed by atoms with Crippen LogP contribution in [0.3, 0.4) is 0 Å². The van der Waals surface area contributed by atoms with Gasteiger partial charge in [0.15, 0.2) is 0 Å². The lowest BCUT2D eigenvalue weighted by molar-refractivity contribution is 0.601. The van der Waals surface area contributed by atoms with Crippen molar-refractivity contribution in [2.24, 2.45) is 0 Å². The highest BCUT2D eigenvalue weighted by Crippen LogP contribution is 2.32. The van der Waals surface area contributed by atoms with Gasteiger partial charge >= 0.3 is 0 Å². The van der Waals surface area contributed by atoms with Gasteiger partial charge in [0.05, 0.1) is 5.69 Å². The van der Waals surface area contributed by atoms with Crippen LogP contribution in [-0.4, -0.2) is 13.4 Å². The Hall–Kier alpha value is -0.340. The van der Waals surface area contributed by atoms with E-state index >= 15 is 0 Å². The van der Waals surface area contributed by atoms with E-state index in [1.165, 1.54) is 18.3 Å². The van der Waals surface area contributed by atoms with Crippen molar-refractivity contribution in [1.82, 2.24) is 4.98 Å². The Kier molecular flexibility index (Phi) is 5.20. The number of halogens is 4. The molecule has 0 saturated heterocycles. The summed E-state index contributed by atoms with van der Waals surface area (Å²) in [6.45, 7) is 1.82. The number of hydrogen-bond acceptors (Lipinski definition) is 3. The van der Waals surface area contributed by atoms with E-state index in [1.807, 2.05) is 6.92 Å². The Labute approximate surface area is 149 Å². The van der Waals surface area contributed by atoms with Gasteiger partial charge in [0.2, 0.25) is 0 Å². The number of anilines is 1. The lowest BCUT2D eigenvalue weighted by atomic mass is 10.2. The van der Waals surface area contributed by atoms with Crippen LogP contribution in [0.1, 0.15) is 5.56 Å². The zero-order valence-electron chi connectivity index (χ0n) is 10.5. The molecule has 0 amide bonds. The van der Waals surface area contributed by atoms with Gasteiger partial charge in [-0.25, -0.2) is 13.4 Å². The minimum Gasteiger partial charge on any atom is -0.278 e. The van der Waals surface area contributed by atoms with E-state index in [1.54, 1.807) is 6.07 Å². The van der Waals surface area contributed by atoms with Crippen molar-refractivity contribution in [2.75, 3.05) is 4.72 Å². The standard InChI is InChI=1S/C12H8Br2Cl2N2O2S/c1-6-2-8(14)10(4-9(6)15)18-21(19,20)11-3-7(13)5-17-12(11)16/h2-5,18H,1H3. The highest BCUT2D eigenvalue weighted by molar-refractivity contribution is 9.10. The molecule has 0 aliphatic heterocycles. The van der Waals surface area contributed by atoms with E-state index in [0.717, 1.165) is 5.56 Å². The lowest BCUT2D eigenvalue weighted by Crippen LogP contribution is -2.14. The molecule has 0 bridgehead atoms. The fourth-order valence-electron chi connectivity index (χ4n) is 1.52. The normalized spacial score (nSPS) is 11.5. The predicted molar refractivity (Wildman–Crippen MR) is 91.6 cm³/mol. The van der Waals surface area contributed by atoms with Crippen molar-refractivity contribution in [3.8, 4) is 0 Å². The Balaban J connectivity index is 2.47. The Morgan fingerprint density at radius 2 is 1.86 bits per heavy atom. The summed E-state index contributed by atoms with van der Waals surface area (Å²) in [4.78, 5) is 3.68. The Morgan fingerprint density at radius 1 is 1.19 bits per heavy atom. The van der Waals surface area contributed by atoms with E-state index < -0.39 is 10.0 Å². The average Bonchev–Trinajstić information content (AvgIpc) is 2.38. The molecule has 9 heteroatoms. The number of hydrogen-bond donors (Lipinski definition) is 1. The molecule has 0 atom stereocenters. The van der Waals surface area contributed by atoms with E-state index in [0.29, 0.717) is 19.7 Å². The molecule has 112 valence electrons. The van der Waals surface area contributed by atoms with Gasteiger partial charge in [-0.05, 0) is 62.5 Å². The van der Waals surface area contributed by atoms with E-state index in [9.17, 15) is 8.42 Å². The summed E-state index contributed by atoms with van der Waals surface area (Å²) in [6.07, 6.45) is 1.42. The first kappa shape index (κ1) is 17.0. The molecule has 0 unspecified atom stereocenters. The molecule has 21 heavy (non-hydrogen) atoms. The van der Waals surface area contributed by atoms with Gasteiger partial charge in [-0.2, -0.15) is 0 Å². The minimum absolute atomic E-state index is 0.111. The van der Waals surface area contributed by atoms with Gasteiger partial charge in [-0.1, -0.05) is 23.2 Å². The molecule has 1 heterocycles. The molecule has 2 aromatic rings. The monoisotopic (exact) mass is 472 g/mol. The van der Waals surface area contributed by atoms with Crippen molar-refractivity contribution in [2.45, 2.75) is 11.8 Å². The van der Waals surface area contributed by atoms with E-state index in [2.05, 4.69) is 41.6 Å². The number of sulfonamides is 1. The van der Waals surface area contributed by atoms with Crippen molar-refractivity contribution in [3.05, 3.63) is 49.1 Å². The van der Waals surface area contributed by atoms with Gasteiger partial charge in [-0.15, -0.1) is 0 Å². The third-order valence-electron chi connectivity index (χ3n) is 2.56. The summed E-state index contributed by atoms with van der Waals surface area (Å²) in [6, 6.07) is 4.63. The Morgan fingerprint density at radius 3 is 2.52 bits per heavy atom. The van der Waals surface area contributed by atoms with Crippen LogP contribution in [-0.2, 0) is 10.0 Å². The van der Waals surface area contributed by atoms with Crippen LogP contribution in [0.4, 0.5) is 5.69 Å². The Bertz CT molecular complexity index is 813. The number of pyridine rings is 1. The van der Waals surface area contributed by atoms with Crippen LogP contribution in [0.5, 0.6) is 0 Å². The number of nitrogens with zero attached hydrogens (tertiary/aromatic N) is 1. The second kappa shape index (κ2) is 6.42. The van der Waals surface area contributed by atoms with Crippen molar-refractivity contribution in [1.29, 1.82) is 0 Å². The zero-order chi connectivity index (χ0) is 15.8. The fraction of sp³-hybridized carbons (Fsp3) is 0.0833. The fourth-order valence-corrected chi connectivity index (χ4v) is 4.38. The first-order valence-corrected chi connectivity index (χ1v) is 9.33. The van der Waals surface area contributed by atoms with E-state index in [4.69, 9.17) is 23.2 Å². The summed E-state index contributed by atoms with van der Waals surface area (Å²) >= 11 is 18.3. The quantitative estimate of drug-likeness (QED) is 0.635. The van der Waals surface area contributed by atoms with Gasteiger partial charge in [-0.3, -0.25) is 4.72 Å². The zero-order valence-corrected chi connectivity index (χ0v) is 16.0. The highest BCUT2D eigenvalue weighted by atomic mass is 79.9. The molecular formula is C12H8Br2Cl2N2O2S. The molecule has 0 radical (unpaired) electrons. The molecule has 1 aromatic carbocycles. The molecule has 2 rings (SSSR count). The third-order valence-corrected chi connectivity index (χ3v) is 5.84. The van der Waals surface area contributed by atoms with Gasteiger partial charge in [0.25, 0.3) is 10.0 Å². The van der Waals surface area contributed by atoms with Crippen LogP contribution >= 0.6 is 55.1 Å². The number of benzene rings is 1. The molecule has 1 N–H and O–H groups in total. The topological polar surface area (TPSA) is 59.1 Å². The number of rotatable bonds is 3. The van der Waals surface area contributed by atoms with Crippen molar-refractivity contribution >= 4 is 70.8 Å². The molecule has 0 aliphatic carbocycles. The van der Waals surface area contributed by atoms with E-state index in [-0.39, 0.29) is 10.0 Å². The second-order valence-electron chi connectivity index (χ2n) is 4.13. The molecule has 0 fully saturated rings. The van der Waals surface area contributed by atoms with Crippen LogP contribution < -0.4 is 4.72 Å². The molecule has 0 saturated carbocycles. The van der Waals surface area contributed by atoms with Crippen LogP contribution in [0.15, 0.2) is 38.2 Å². The SMILES string of the molecule is Cc1cc(Br)c(NS(=O)(=O)c2cc(Br)cnc2Cl)cc1Cl. The van der Waals surface area contributed by atoms with Gasteiger partial charge in [0, 0.05) is 20.2 Å². The molecule has 1 aromatic heterocycles. The summed E-state index contributed by atoms with van der Waals surface area (Å²) in [5, 5.41) is 0.342. The summed E-state index contributed by atoms with van der Waals surface area (Å²) < 4.78 is 28.3. The molecule has 0 spiro atoms. The number of aromatic nitrogens is 1. The van der Waals surface area contributed by atoms with Crippen LogP contribution in [0.2, 0.25) is 10.2 Å². The van der Waals surface area contributed by atoms with Crippen molar-refractivity contribution in [3.63, 3.8) is 0 Å². The first-order valence-electron chi connectivity index (χ1n) is 5.50. The second-order valence-corrected chi connectivity index (χ2v) is 8.32. The smallest absolute Gasteiger partial charge is 0.265 e. The van der Waals surface area contributed by atoms with Crippen molar-refractivity contribution < 1.29 is 8.42 Å². The van der Waals surface area contributed by atoms with Gasteiger partial charge in [0.1, 0.15) is 10.0 Å². The molecular weight excluding hydrogens is 467 g/mol. The maximum absolute atomic E-state index is 12.4. The average molecular weight is 475 g/mol. The maximum atomic E-state index is 12.4. The third kappa shape index (κ3) is 3.90. The summed E-state index contributed by atoms with van der Waals surface area (Å²) in [5.41, 5.74) is 1.15. The highest BCUT2D eigenvalue weighted by Gasteiger charge is 2.21. The number of aryl methyl sites for hydroxylation is 1. The summed E-state index contributed by atoms with van der Waals surface area (Å²) in [5.74, 6) is 0. The van der Waals surface area contributed by atoms with Crippen LogP contribution in [0.25, 0.3) is 0 Å². The lowest BCUT2D eigenvalue weighted by Gasteiger charge is -2.12. The summed E-state index contributed by atoms with van der Waals surface area (Å²) in [7, 11) is -3.88. The first-order chi connectivity index (χ1) is 9.70. The van der Waals surface area contributed by atoms with Gasteiger partial charge < -0.3 is 0 Å².